The van der Waals surface area contributed by atoms with Crippen molar-refractivity contribution in [1.29, 1.82) is 0 Å². The molecule has 0 heterocycles. The van der Waals surface area contributed by atoms with Crippen LogP contribution in [0.4, 0.5) is 45.5 Å². The number of unbranched alkanes of at least 4 members (excludes halogenated alkanes) is 1. The number of benzene rings is 4. The summed E-state index contributed by atoms with van der Waals surface area (Å²) in [4.78, 5) is 4.78. The third-order valence-corrected chi connectivity index (χ3v) is 8.29. The minimum atomic E-state index is 0.811. The van der Waals surface area contributed by atoms with Crippen LogP contribution in [0.5, 0.6) is 0 Å². The van der Waals surface area contributed by atoms with Gasteiger partial charge in [-0.2, -0.15) is 0 Å². The maximum absolute atomic E-state index is 5.98. The Kier molecular flexibility index (Phi) is 13.7. The van der Waals surface area contributed by atoms with E-state index in [-0.39, 0.29) is 0 Å². The van der Waals surface area contributed by atoms with E-state index < -0.39 is 0 Å². The van der Waals surface area contributed by atoms with Crippen LogP contribution in [0.2, 0.25) is 0 Å². The van der Waals surface area contributed by atoms with Crippen LogP contribution in [0.15, 0.2) is 72.8 Å². The van der Waals surface area contributed by atoms with E-state index in [1.807, 2.05) is 50.2 Å². The van der Waals surface area contributed by atoms with Crippen LogP contribution in [0, 0.1) is 27.7 Å². The molecule has 0 atom stereocenters. The number of likely N-dealkylation sites (N-methyl/N-ethyl adjacent to an activating group) is 2. The second-order valence-corrected chi connectivity index (χ2v) is 12.0. The van der Waals surface area contributed by atoms with Crippen molar-refractivity contribution in [3.8, 4) is 0 Å². The molecule has 0 fully saturated rings. The molecule has 46 heavy (non-hydrogen) atoms. The van der Waals surface area contributed by atoms with Gasteiger partial charge in [-0.1, -0.05) is 12.1 Å². The van der Waals surface area contributed by atoms with E-state index in [1.165, 1.54) is 22.5 Å². The van der Waals surface area contributed by atoms with Crippen LogP contribution in [-0.4, -0.2) is 39.3 Å². The molecule has 0 unspecified atom stereocenters. The van der Waals surface area contributed by atoms with Gasteiger partial charge in [0.2, 0.25) is 0 Å². The minimum Gasteiger partial charge on any atom is -0.399 e. The SMILES string of the molecule is CCN(CCN(CC)c1ccc(N)c(C)c1)c1ccc(N)c(C)c1.Cc1ccc(NCCCCNc2ccc(C)cc2N)c(N)c1. The molecule has 0 aromatic heterocycles. The molecule has 0 spiro atoms. The zero-order chi connectivity index (χ0) is 33.6. The van der Waals surface area contributed by atoms with Crippen molar-refractivity contribution in [3.05, 3.63) is 95.1 Å². The first-order valence-electron chi connectivity index (χ1n) is 16.4. The molecule has 4 aromatic carbocycles. The zero-order valence-corrected chi connectivity index (χ0v) is 28.8. The number of nitrogen functional groups attached to an aromatic ring is 4. The van der Waals surface area contributed by atoms with Crippen LogP contribution in [0.3, 0.4) is 0 Å². The van der Waals surface area contributed by atoms with Crippen molar-refractivity contribution in [3.63, 3.8) is 0 Å². The number of nitrogens with one attached hydrogen (secondary N) is 2. The molecule has 0 aliphatic carbocycles. The molecule has 8 heteroatoms. The summed E-state index contributed by atoms with van der Waals surface area (Å²) in [5, 5.41) is 6.76. The first kappa shape index (κ1) is 35.8. The summed E-state index contributed by atoms with van der Waals surface area (Å²) < 4.78 is 0. The van der Waals surface area contributed by atoms with Gasteiger partial charge in [-0.15, -0.1) is 0 Å². The number of aryl methyl sites for hydroxylation is 4. The summed E-state index contributed by atoms with van der Waals surface area (Å²) in [5.74, 6) is 0. The fourth-order valence-corrected chi connectivity index (χ4v) is 5.28. The average Bonchev–Trinajstić information content (AvgIpc) is 3.02. The summed E-state index contributed by atoms with van der Waals surface area (Å²) in [6.45, 7) is 18.3. The standard InChI is InChI=1S/C20H30N4.C18H26N4/c1-5-23(17-7-9-19(21)15(3)13-17)11-12-24(6-2)18-8-10-20(22)16(4)14-18;1-13-5-7-17(15(19)11-13)21-9-3-4-10-22-18-8-6-14(2)12-16(18)20/h7-10,13-14H,5-6,11-12,21-22H2,1-4H3;5-8,11-12,21-22H,3-4,9-10,19-20H2,1-2H3. The van der Waals surface area contributed by atoms with Gasteiger partial charge in [0, 0.05) is 62.0 Å². The lowest BCUT2D eigenvalue weighted by Gasteiger charge is -2.29. The van der Waals surface area contributed by atoms with Gasteiger partial charge in [0.1, 0.15) is 0 Å². The lowest BCUT2D eigenvalue weighted by atomic mass is 10.1. The van der Waals surface area contributed by atoms with Gasteiger partial charge in [-0.25, -0.2) is 0 Å². The van der Waals surface area contributed by atoms with Gasteiger partial charge >= 0.3 is 0 Å². The van der Waals surface area contributed by atoms with Gasteiger partial charge < -0.3 is 43.4 Å². The van der Waals surface area contributed by atoms with Crippen molar-refractivity contribution in [2.24, 2.45) is 0 Å². The Bertz CT molecular complexity index is 1420. The molecule has 0 amide bonds. The normalized spacial score (nSPS) is 10.6. The van der Waals surface area contributed by atoms with Crippen molar-refractivity contribution < 1.29 is 0 Å². The monoisotopic (exact) mass is 624 g/mol. The van der Waals surface area contributed by atoms with Gasteiger partial charge in [0.15, 0.2) is 0 Å². The predicted octanol–water partition coefficient (Wildman–Crippen LogP) is 7.59. The van der Waals surface area contributed by atoms with Crippen LogP contribution < -0.4 is 43.4 Å². The number of nitrogens with two attached hydrogens (primary N) is 4. The lowest BCUT2D eigenvalue weighted by Crippen LogP contribution is -2.35. The van der Waals surface area contributed by atoms with Crippen LogP contribution in [-0.2, 0) is 0 Å². The molecule has 0 saturated carbocycles. The summed E-state index contributed by atoms with van der Waals surface area (Å²) in [6.07, 6.45) is 2.15. The number of hydrogen-bond acceptors (Lipinski definition) is 8. The highest BCUT2D eigenvalue weighted by Gasteiger charge is 2.10. The fraction of sp³-hybridized carbons (Fsp3) is 0.368. The van der Waals surface area contributed by atoms with Gasteiger partial charge in [-0.05, 0) is 137 Å². The van der Waals surface area contributed by atoms with E-state index in [2.05, 4.69) is 84.5 Å². The highest BCUT2D eigenvalue weighted by molar-refractivity contribution is 5.67. The molecule has 0 radical (unpaired) electrons. The number of rotatable bonds is 14. The summed E-state index contributed by atoms with van der Waals surface area (Å²) in [5.41, 5.74) is 36.3. The van der Waals surface area contributed by atoms with Crippen LogP contribution in [0.25, 0.3) is 0 Å². The van der Waals surface area contributed by atoms with Crippen molar-refractivity contribution in [2.45, 2.75) is 54.4 Å². The second kappa shape index (κ2) is 17.7. The third kappa shape index (κ3) is 10.7. The summed E-state index contributed by atoms with van der Waals surface area (Å²) >= 11 is 0. The maximum atomic E-state index is 5.98. The number of nitrogens with zero attached hydrogens (tertiary/aromatic N) is 2. The summed E-state index contributed by atoms with van der Waals surface area (Å²) in [6, 6.07) is 24.7. The molecule has 8 nitrogen and oxygen atoms in total. The Labute approximate surface area is 277 Å². The molecular weight excluding hydrogens is 568 g/mol. The lowest BCUT2D eigenvalue weighted by molar-refractivity contribution is 0.754. The molecule has 0 aliphatic rings. The van der Waals surface area contributed by atoms with E-state index >= 15 is 0 Å². The first-order valence-corrected chi connectivity index (χ1v) is 16.4. The van der Waals surface area contributed by atoms with Gasteiger partial charge in [-0.3, -0.25) is 0 Å². The Morgan fingerprint density at radius 2 is 0.891 bits per heavy atom. The maximum Gasteiger partial charge on any atom is 0.0574 e. The van der Waals surface area contributed by atoms with Crippen molar-refractivity contribution in [1.82, 2.24) is 0 Å². The highest BCUT2D eigenvalue weighted by Crippen LogP contribution is 2.24. The first-order chi connectivity index (χ1) is 22.0. The largest absolute Gasteiger partial charge is 0.399 e. The molecule has 0 bridgehead atoms. The Hall–Kier alpha value is -4.72. The van der Waals surface area contributed by atoms with E-state index in [9.17, 15) is 0 Å². The molecular formula is C38H56N8. The number of anilines is 8. The highest BCUT2D eigenvalue weighted by atomic mass is 15.2. The molecule has 248 valence electrons. The molecule has 10 N–H and O–H groups in total. The predicted molar refractivity (Wildman–Crippen MR) is 204 cm³/mol. The van der Waals surface area contributed by atoms with Crippen LogP contribution in [0.1, 0.15) is 48.9 Å². The van der Waals surface area contributed by atoms with Crippen molar-refractivity contribution in [2.75, 3.05) is 82.6 Å². The molecule has 0 aliphatic heterocycles. The van der Waals surface area contributed by atoms with Crippen LogP contribution >= 0.6 is 0 Å². The Morgan fingerprint density at radius 3 is 1.22 bits per heavy atom. The van der Waals surface area contributed by atoms with Gasteiger partial charge in [0.05, 0.1) is 22.7 Å². The van der Waals surface area contributed by atoms with Gasteiger partial charge in [0.25, 0.3) is 0 Å². The Morgan fingerprint density at radius 1 is 0.500 bits per heavy atom. The van der Waals surface area contributed by atoms with E-state index in [1.54, 1.807) is 0 Å². The number of hydrogen-bond donors (Lipinski definition) is 6. The Balaban J connectivity index is 0.000000251. The summed E-state index contributed by atoms with van der Waals surface area (Å²) in [7, 11) is 0. The van der Waals surface area contributed by atoms with E-state index in [0.29, 0.717) is 0 Å². The van der Waals surface area contributed by atoms with E-state index in [4.69, 9.17) is 22.9 Å². The second-order valence-electron chi connectivity index (χ2n) is 12.0. The average molecular weight is 625 g/mol. The molecule has 4 aromatic rings. The molecule has 0 saturated heterocycles. The topological polar surface area (TPSA) is 135 Å². The van der Waals surface area contributed by atoms with Crippen molar-refractivity contribution >= 4 is 45.5 Å². The zero-order valence-electron chi connectivity index (χ0n) is 28.8. The van der Waals surface area contributed by atoms with E-state index in [0.717, 1.165) is 97.4 Å². The quantitative estimate of drug-likeness (QED) is 0.0624. The minimum absolute atomic E-state index is 0.811. The fourth-order valence-electron chi connectivity index (χ4n) is 5.28. The molecule has 4 rings (SSSR count). The third-order valence-electron chi connectivity index (χ3n) is 8.29. The smallest absolute Gasteiger partial charge is 0.0574 e.